The zero-order valence-corrected chi connectivity index (χ0v) is 19.4. The highest BCUT2D eigenvalue weighted by molar-refractivity contribution is 7.89. The van der Waals surface area contributed by atoms with E-state index < -0.39 is 21.4 Å². The fourth-order valence-corrected chi connectivity index (χ4v) is 4.09. The van der Waals surface area contributed by atoms with Gasteiger partial charge in [-0.05, 0) is 54.7 Å². The number of benzene rings is 1. The van der Waals surface area contributed by atoms with Gasteiger partial charge >= 0.3 is 0 Å². The van der Waals surface area contributed by atoms with Crippen LogP contribution in [0.25, 0.3) is 0 Å². The molecule has 1 fully saturated rings. The summed E-state index contributed by atoms with van der Waals surface area (Å²) in [4.78, 5) is 0. The maximum atomic E-state index is 14.1. The zero-order valence-electron chi connectivity index (χ0n) is 18.6. The lowest BCUT2D eigenvalue weighted by molar-refractivity contribution is 0.0376. The molecule has 0 aliphatic heterocycles. The average molecular weight is 442 g/mol. The van der Waals surface area contributed by atoms with Crippen molar-refractivity contribution >= 4 is 10.0 Å². The number of allylic oxidation sites excluding steroid dienone is 1. The zero-order chi connectivity index (χ0) is 22.4. The third kappa shape index (κ3) is 7.67. The molecular weight excluding hydrogens is 405 g/mol. The van der Waals surface area contributed by atoms with Gasteiger partial charge in [-0.25, -0.2) is 17.5 Å². The average Bonchev–Trinajstić information content (AvgIpc) is 2.63. The van der Waals surface area contributed by atoms with E-state index in [1.807, 2.05) is 6.08 Å². The molecule has 0 spiro atoms. The molecule has 0 heterocycles. The van der Waals surface area contributed by atoms with E-state index in [-0.39, 0.29) is 29.9 Å². The predicted octanol–water partition coefficient (Wildman–Crippen LogP) is 4.51. The van der Waals surface area contributed by atoms with Gasteiger partial charge in [0.1, 0.15) is 5.60 Å². The van der Waals surface area contributed by atoms with Gasteiger partial charge in [-0.1, -0.05) is 52.3 Å². The quantitative estimate of drug-likeness (QED) is 0.495. The van der Waals surface area contributed by atoms with Crippen molar-refractivity contribution in [3.05, 3.63) is 41.7 Å². The van der Waals surface area contributed by atoms with Crippen LogP contribution in [0.5, 0.6) is 5.75 Å². The summed E-state index contributed by atoms with van der Waals surface area (Å²) < 4.78 is 46.9. The number of sulfonamides is 1. The second-order valence-corrected chi connectivity index (χ2v) is 11.3. The Morgan fingerprint density at radius 2 is 1.97 bits per heavy atom. The first-order valence-corrected chi connectivity index (χ1v) is 12.4. The molecule has 2 rings (SSSR count). The van der Waals surface area contributed by atoms with E-state index in [1.54, 1.807) is 13.0 Å². The van der Waals surface area contributed by atoms with Gasteiger partial charge in [0.05, 0.1) is 12.4 Å². The smallest absolute Gasteiger partial charge is 0.215 e. The molecule has 1 aromatic rings. The van der Waals surface area contributed by atoms with Crippen LogP contribution in [0.4, 0.5) is 4.39 Å². The second kappa shape index (κ2) is 10.2. The fraction of sp³-hybridized carbons (Fsp3) is 0.652. The molecule has 0 saturated heterocycles. The first-order chi connectivity index (χ1) is 13.9. The highest BCUT2D eigenvalue weighted by Gasteiger charge is 2.30. The number of hydrogen-bond donors (Lipinski definition) is 2. The van der Waals surface area contributed by atoms with Gasteiger partial charge in [-0.15, -0.1) is 0 Å². The lowest BCUT2D eigenvalue weighted by atomic mass is 9.86. The molecule has 1 saturated carbocycles. The SMILES string of the molecule is CCC(O)(CNS(=O)(=O)CC=CCC(C)(C)C)c1ccc(F)c(OCC2CCC2)c1. The van der Waals surface area contributed by atoms with Crippen molar-refractivity contribution in [2.24, 2.45) is 11.3 Å². The van der Waals surface area contributed by atoms with E-state index in [2.05, 4.69) is 25.5 Å². The first-order valence-electron chi connectivity index (χ1n) is 10.7. The monoisotopic (exact) mass is 441 g/mol. The number of hydrogen-bond acceptors (Lipinski definition) is 4. The minimum atomic E-state index is -3.59. The molecule has 1 aliphatic carbocycles. The van der Waals surface area contributed by atoms with Crippen molar-refractivity contribution in [1.82, 2.24) is 4.72 Å². The lowest BCUT2D eigenvalue weighted by Gasteiger charge is -2.29. The van der Waals surface area contributed by atoms with Gasteiger partial charge in [0.15, 0.2) is 11.6 Å². The van der Waals surface area contributed by atoms with Gasteiger partial charge in [-0.2, -0.15) is 0 Å². The molecule has 1 atom stereocenters. The molecule has 7 heteroatoms. The van der Waals surface area contributed by atoms with Gasteiger partial charge < -0.3 is 9.84 Å². The Kier molecular flexibility index (Phi) is 8.48. The Morgan fingerprint density at radius 1 is 1.27 bits per heavy atom. The van der Waals surface area contributed by atoms with Crippen LogP contribution in [0, 0.1) is 17.2 Å². The topological polar surface area (TPSA) is 75.6 Å². The number of ether oxygens (including phenoxy) is 1. The minimum absolute atomic E-state index is 0.0944. The van der Waals surface area contributed by atoms with Crippen LogP contribution in [0.2, 0.25) is 0 Å². The van der Waals surface area contributed by atoms with Crippen LogP contribution in [0.1, 0.15) is 65.4 Å². The normalized spacial score (nSPS) is 17.7. The molecule has 1 aromatic carbocycles. The van der Waals surface area contributed by atoms with Crippen LogP contribution in [0.3, 0.4) is 0 Å². The number of rotatable bonds is 11. The highest BCUT2D eigenvalue weighted by atomic mass is 32.2. The molecule has 1 aliphatic rings. The van der Waals surface area contributed by atoms with Crippen LogP contribution in [0.15, 0.2) is 30.4 Å². The molecule has 0 amide bonds. The molecule has 0 aromatic heterocycles. The maximum Gasteiger partial charge on any atom is 0.215 e. The summed E-state index contributed by atoms with van der Waals surface area (Å²) in [6, 6.07) is 4.22. The van der Waals surface area contributed by atoms with Crippen LogP contribution in [-0.4, -0.2) is 32.4 Å². The Bertz CT molecular complexity index is 828. The Hall–Kier alpha value is -1.44. The van der Waals surface area contributed by atoms with Gasteiger partial charge in [0.2, 0.25) is 10.0 Å². The van der Waals surface area contributed by atoms with Crippen molar-refractivity contribution in [2.75, 3.05) is 18.9 Å². The van der Waals surface area contributed by atoms with Crippen molar-refractivity contribution < 1.29 is 22.7 Å². The maximum absolute atomic E-state index is 14.1. The Morgan fingerprint density at radius 3 is 2.53 bits per heavy atom. The van der Waals surface area contributed by atoms with E-state index in [4.69, 9.17) is 4.74 Å². The second-order valence-electron chi connectivity index (χ2n) is 9.48. The molecule has 0 bridgehead atoms. The third-order valence-corrected chi connectivity index (χ3v) is 6.77. The van der Waals surface area contributed by atoms with Gasteiger partial charge in [-0.3, -0.25) is 0 Å². The summed E-state index contributed by atoms with van der Waals surface area (Å²) in [5.74, 6) is -0.0845. The largest absolute Gasteiger partial charge is 0.490 e. The number of aliphatic hydroxyl groups is 1. The van der Waals surface area contributed by atoms with Crippen LogP contribution in [-0.2, 0) is 15.6 Å². The summed E-state index contributed by atoms with van der Waals surface area (Å²) in [6.45, 7) is 8.27. The fourth-order valence-electron chi connectivity index (χ4n) is 3.12. The summed E-state index contributed by atoms with van der Waals surface area (Å²) in [5.41, 5.74) is -0.928. The van der Waals surface area contributed by atoms with Crippen LogP contribution >= 0.6 is 0 Å². The van der Waals surface area contributed by atoms with E-state index in [1.165, 1.54) is 24.6 Å². The third-order valence-electron chi connectivity index (χ3n) is 5.55. The molecule has 0 radical (unpaired) electrons. The number of nitrogens with one attached hydrogen (secondary N) is 1. The molecule has 2 N–H and O–H groups in total. The minimum Gasteiger partial charge on any atom is -0.490 e. The summed E-state index contributed by atoms with van der Waals surface area (Å²) >= 11 is 0. The van der Waals surface area contributed by atoms with Crippen LogP contribution < -0.4 is 9.46 Å². The van der Waals surface area contributed by atoms with E-state index in [9.17, 15) is 17.9 Å². The molecule has 5 nitrogen and oxygen atoms in total. The summed E-state index contributed by atoms with van der Waals surface area (Å²) in [7, 11) is -3.59. The highest BCUT2D eigenvalue weighted by Crippen LogP contribution is 2.31. The van der Waals surface area contributed by atoms with E-state index >= 15 is 0 Å². The standard InChI is InChI=1S/C23H36FNO4S/c1-5-23(26,17-25-30(27,28)14-7-6-13-22(2,3)4)19-11-12-20(24)21(15-19)29-16-18-9-8-10-18/h6-7,11-12,15,18,25-26H,5,8-10,13-14,16-17H2,1-4H3. The Balaban J connectivity index is 2.01. The van der Waals surface area contributed by atoms with Gasteiger partial charge in [0, 0.05) is 6.54 Å². The van der Waals surface area contributed by atoms with Gasteiger partial charge in [0.25, 0.3) is 0 Å². The molecule has 1 unspecified atom stereocenters. The number of halogens is 1. The van der Waals surface area contributed by atoms with Crippen molar-refractivity contribution in [2.45, 2.75) is 65.4 Å². The first kappa shape index (κ1) is 24.8. The van der Waals surface area contributed by atoms with Crippen molar-refractivity contribution in [3.63, 3.8) is 0 Å². The molecule has 30 heavy (non-hydrogen) atoms. The predicted molar refractivity (Wildman–Crippen MR) is 118 cm³/mol. The lowest BCUT2D eigenvalue weighted by Crippen LogP contribution is -2.41. The summed E-state index contributed by atoms with van der Waals surface area (Å²) in [5, 5.41) is 11.1. The van der Waals surface area contributed by atoms with Crippen molar-refractivity contribution in [1.29, 1.82) is 0 Å². The van der Waals surface area contributed by atoms with Crippen molar-refractivity contribution in [3.8, 4) is 5.75 Å². The molecular formula is C23H36FNO4S. The Labute approximate surface area is 180 Å². The molecule has 170 valence electrons. The summed E-state index contributed by atoms with van der Waals surface area (Å²) in [6.07, 6.45) is 7.89. The van der Waals surface area contributed by atoms with E-state index in [0.29, 0.717) is 18.1 Å². The van der Waals surface area contributed by atoms with E-state index in [0.717, 1.165) is 19.3 Å².